The van der Waals surface area contributed by atoms with Gasteiger partial charge in [0.05, 0.1) is 11.3 Å². The Hall–Kier alpha value is -3.35. The number of carbonyl (C=O) groups is 3. The molecule has 7 heteroatoms. The van der Waals surface area contributed by atoms with Crippen LogP contribution >= 0.6 is 0 Å². The number of hydrogen-bond acceptors (Lipinski definition) is 5. The van der Waals surface area contributed by atoms with Gasteiger partial charge in [-0.25, -0.2) is 4.79 Å². The summed E-state index contributed by atoms with van der Waals surface area (Å²) in [5.74, 6) is -0.796. The zero-order valence-corrected chi connectivity index (χ0v) is 17.9. The Morgan fingerprint density at radius 1 is 0.968 bits per heavy atom. The average Bonchev–Trinajstić information content (AvgIpc) is 3.26. The molecule has 7 nitrogen and oxygen atoms in total. The highest BCUT2D eigenvalue weighted by Crippen LogP contribution is 2.21. The lowest BCUT2D eigenvalue weighted by Crippen LogP contribution is -2.33. The van der Waals surface area contributed by atoms with E-state index < -0.39 is 18.5 Å². The Morgan fingerprint density at radius 2 is 1.71 bits per heavy atom. The topological polar surface area (TPSA) is 93.7 Å². The highest BCUT2D eigenvalue weighted by Gasteiger charge is 2.20. The van der Waals surface area contributed by atoms with Crippen LogP contribution in [0, 0.1) is 13.8 Å². The van der Waals surface area contributed by atoms with Crippen molar-refractivity contribution in [3.63, 3.8) is 0 Å². The van der Waals surface area contributed by atoms with Crippen LogP contribution in [0.2, 0.25) is 0 Å². The summed E-state index contributed by atoms with van der Waals surface area (Å²) >= 11 is 0. The van der Waals surface area contributed by atoms with E-state index in [1.54, 1.807) is 30.3 Å². The highest BCUT2D eigenvalue weighted by atomic mass is 16.6. The fourth-order valence-corrected chi connectivity index (χ4v) is 3.51. The molecule has 2 aromatic rings. The van der Waals surface area contributed by atoms with Gasteiger partial charge >= 0.3 is 5.97 Å². The molecule has 0 heterocycles. The van der Waals surface area contributed by atoms with E-state index in [1.165, 1.54) is 0 Å². The maximum Gasteiger partial charge on any atom is 0.344 e. The molecule has 164 valence electrons. The van der Waals surface area contributed by atoms with E-state index in [9.17, 15) is 14.4 Å². The lowest BCUT2D eigenvalue weighted by atomic mass is 10.1. The van der Waals surface area contributed by atoms with E-state index in [0.29, 0.717) is 17.0 Å². The summed E-state index contributed by atoms with van der Waals surface area (Å²) in [6.45, 7) is 3.10. The molecule has 2 aromatic carbocycles. The first-order valence-corrected chi connectivity index (χ1v) is 10.5. The first-order chi connectivity index (χ1) is 14.9. The van der Waals surface area contributed by atoms with Gasteiger partial charge in [-0.05, 0) is 56.0 Å². The predicted octanol–water partition coefficient (Wildman–Crippen LogP) is 3.54. The van der Waals surface area contributed by atoms with Crippen LogP contribution in [-0.2, 0) is 14.3 Å². The molecule has 0 aromatic heterocycles. The second kappa shape index (κ2) is 10.6. The van der Waals surface area contributed by atoms with Crippen LogP contribution in [0.3, 0.4) is 0 Å². The molecule has 1 saturated carbocycles. The second-order valence-corrected chi connectivity index (χ2v) is 7.70. The molecule has 0 aliphatic heterocycles. The summed E-state index contributed by atoms with van der Waals surface area (Å²) in [6.07, 6.45) is 4.17. The third-order valence-electron chi connectivity index (χ3n) is 5.40. The number of rotatable bonds is 8. The lowest BCUT2D eigenvalue weighted by molar-refractivity contribution is -0.149. The minimum Gasteiger partial charge on any atom is -0.482 e. The summed E-state index contributed by atoms with van der Waals surface area (Å²) in [6, 6.07) is 12.5. The third kappa shape index (κ3) is 6.31. The Kier molecular flexibility index (Phi) is 7.65. The fourth-order valence-electron chi connectivity index (χ4n) is 3.51. The first kappa shape index (κ1) is 22.3. The molecule has 0 saturated heterocycles. The van der Waals surface area contributed by atoms with Gasteiger partial charge in [0.25, 0.3) is 11.8 Å². The van der Waals surface area contributed by atoms with Gasteiger partial charge in [0, 0.05) is 6.04 Å². The first-order valence-electron chi connectivity index (χ1n) is 10.5. The van der Waals surface area contributed by atoms with Crippen molar-refractivity contribution in [3.8, 4) is 5.75 Å². The van der Waals surface area contributed by atoms with Crippen LogP contribution in [0.25, 0.3) is 0 Å². The maximum absolute atomic E-state index is 12.6. The summed E-state index contributed by atoms with van der Waals surface area (Å²) in [7, 11) is 0. The van der Waals surface area contributed by atoms with Gasteiger partial charge in [0.15, 0.2) is 13.2 Å². The molecule has 0 spiro atoms. The van der Waals surface area contributed by atoms with E-state index >= 15 is 0 Å². The molecule has 0 unspecified atom stereocenters. The fraction of sp³-hybridized carbons (Fsp3) is 0.375. The molecule has 0 bridgehead atoms. The zero-order chi connectivity index (χ0) is 22.2. The summed E-state index contributed by atoms with van der Waals surface area (Å²) in [5.41, 5.74) is 2.76. The van der Waals surface area contributed by atoms with Crippen LogP contribution in [0.5, 0.6) is 5.75 Å². The van der Waals surface area contributed by atoms with Crippen LogP contribution < -0.4 is 15.4 Å². The van der Waals surface area contributed by atoms with E-state index in [0.717, 1.165) is 36.8 Å². The Bertz CT molecular complexity index is 951. The van der Waals surface area contributed by atoms with Crippen molar-refractivity contribution in [2.75, 3.05) is 18.5 Å². The smallest absolute Gasteiger partial charge is 0.344 e. The number of benzene rings is 2. The van der Waals surface area contributed by atoms with Crippen molar-refractivity contribution in [1.82, 2.24) is 5.32 Å². The van der Waals surface area contributed by atoms with Crippen LogP contribution in [0.4, 0.5) is 5.69 Å². The van der Waals surface area contributed by atoms with Gasteiger partial charge < -0.3 is 20.1 Å². The van der Waals surface area contributed by atoms with Gasteiger partial charge in [0.1, 0.15) is 5.75 Å². The summed E-state index contributed by atoms with van der Waals surface area (Å²) < 4.78 is 10.5. The Morgan fingerprint density at radius 3 is 2.48 bits per heavy atom. The van der Waals surface area contributed by atoms with Crippen molar-refractivity contribution in [3.05, 3.63) is 59.2 Å². The van der Waals surface area contributed by atoms with Crippen LogP contribution in [0.15, 0.2) is 42.5 Å². The van der Waals surface area contributed by atoms with Crippen LogP contribution in [0.1, 0.15) is 47.2 Å². The number of ether oxygens (including phenoxy) is 2. The van der Waals surface area contributed by atoms with E-state index in [-0.39, 0.29) is 18.6 Å². The number of anilines is 1. The van der Waals surface area contributed by atoms with Crippen molar-refractivity contribution >= 4 is 23.5 Å². The monoisotopic (exact) mass is 424 g/mol. The molecule has 1 aliphatic carbocycles. The van der Waals surface area contributed by atoms with Crippen molar-refractivity contribution in [2.24, 2.45) is 0 Å². The van der Waals surface area contributed by atoms with Gasteiger partial charge in [0.2, 0.25) is 0 Å². The maximum atomic E-state index is 12.6. The van der Waals surface area contributed by atoms with E-state index in [4.69, 9.17) is 9.47 Å². The molecular weight excluding hydrogens is 396 g/mol. The molecule has 2 amide bonds. The third-order valence-corrected chi connectivity index (χ3v) is 5.40. The van der Waals surface area contributed by atoms with E-state index in [1.807, 2.05) is 26.0 Å². The standard InChI is InChI=1S/C24H28N2O5/c1-16-8-7-13-21(17(16)2)30-15-23(28)31-14-22(27)26-20-12-6-5-11-19(20)24(29)25-18-9-3-4-10-18/h5-8,11-13,18H,3-4,9-10,14-15H2,1-2H3,(H,25,29)(H,26,27). The molecule has 1 fully saturated rings. The number of hydrogen-bond donors (Lipinski definition) is 2. The summed E-state index contributed by atoms with van der Waals surface area (Å²) in [5, 5.41) is 5.65. The number of para-hydroxylation sites is 1. The largest absolute Gasteiger partial charge is 0.482 e. The average molecular weight is 424 g/mol. The molecular formula is C24H28N2O5. The van der Waals surface area contributed by atoms with Gasteiger partial charge in [-0.1, -0.05) is 37.1 Å². The number of carbonyl (C=O) groups excluding carboxylic acids is 3. The summed E-state index contributed by atoms with van der Waals surface area (Å²) in [4.78, 5) is 36.8. The lowest BCUT2D eigenvalue weighted by Gasteiger charge is -2.15. The minimum absolute atomic E-state index is 0.175. The van der Waals surface area contributed by atoms with E-state index in [2.05, 4.69) is 10.6 Å². The number of esters is 1. The Labute approximate surface area is 182 Å². The number of aryl methyl sites for hydroxylation is 1. The van der Waals surface area contributed by atoms with Crippen molar-refractivity contribution in [2.45, 2.75) is 45.6 Å². The van der Waals surface area contributed by atoms with Gasteiger partial charge in [-0.2, -0.15) is 0 Å². The molecule has 0 radical (unpaired) electrons. The Balaban J connectivity index is 1.48. The molecule has 2 N–H and O–H groups in total. The quantitative estimate of drug-likeness (QED) is 0.632. The molecule has 31 heavy (non-hydrogen) atoms. The van der Waals surface area contributed by atoms with Crippen molar-refractivity contribution < 1.29 is 23.9 Å². The second-order valence-electron chi connectivity index (χ2n) is 7.70. The molecule has 0 atom stereocenters. The number of nitrogens with one attached hydrogen (secondary N) is 2. The number of amides is 2. The highest BCUT2D eigenvalue weighted by molar-refractivity contribution is 6.04. The zero-order valence-electron chi connectivity index (χ0n) is 17.9. The molecule has 3 rings (SSSR count). The SMILES string of the molecule is Cc1cccc(OCC(=O)OCC(=O)Nc2ccccc2C(=O)NC2CCCC2)c1C. The van der Waals surface area contributed by atoms with Gasteiger partial charge in [-0.3, -0.25) is 9.59 Å². The van der Waals surface area contributed by atoms with Crippen molar-refractivity contribution in [1.29, 1.82) is 0 Å². The minimum atomic E-state index is -0.650. The van der Waals surface area contributed by atoms with Gasteiger partial charge in [-0.15, -0.1) is 0 Å². The normalized spacial score (nSPS) is 13.5. The molecule has 1 aliphatic rings. The predicted molar refractivity (Wildman–Crippen MR) is 117 cm³/mol. The van der Waals surface area contributed by atoms with Crippen LogP contribution in [-0.4, -0.2) is 37.0 Å².